The van der Waals surface area contributed by atoms with Gasteiger partial charge in [0.05, 0.1) is 5.69 Å². The number of aryl methyl sites for hydroxylation is 1. The summed E-state index contributed by atoms with van der Waals surface area (Å²) in [7, 11) is -3.84. The molecule has 1 aliphatic rings. The van der Waals surface area contributed by atoms with Crippen molar-refractivity contribution in [2.45, 2.75) is 11.8 Å². The molecule has 0 fully saturated rings. The van der Waals surface area contributed by atoms with Crippen LogP contribution in [-0.2, 0) is 10.0 Å². The standard InChI is InChI=1S/C12H10N2O3S2/c1-8-6-11(18-7-8)14-12(15)13-9-4-2-3-5-10(9)19(14,16)17/h2-7H,1H3,(H,13,15). The largest absolute Gasteiger partial charge is 0.341 e. The van der Waals surface area contributed by atoms with Crippen LogP contribution in [0.4, 0.5) is 15.5 Å². The molecule has 0 unspecified atom stereocenters. The van der Waals surface area contributed by atoms with Crippen LogP contribution in [0.15, 0.2) is 40.6 Å². The van der Waals surface area contributed by atoms with Crippen molar-refractivity contribution in [3.05, 3.63) is 41.3 Å². The highest BCUT2D eigenvalue weighted by molar-refractivity contribution is 7.94. The van der Waals surface area contributed by atoms with E-state index in [0.29, 0.717) is 10.7 Å². The van der Waals surface area contributed by atoms with Crippen molar-refractivity contribution < 1.29 is 13.2 Å². The van der Waals surface area contributed by atoms with E-state index in [9.17, 15) is 13.2 Å². The number of rotatable bonds is 1. The number of carbonyl (C=O) groups is 1. The molecule has 2 aromatic rings. The Hall–Kier alpha value is -1.86. The molecule has 0 atom stereocenters. The summed E-state index contributed by atoms with van der Waals surface area (Å²) in [4.78, 5) is 12.1. The normalized spacial score (nSPS) is 16.9. The molecule has 1 aromatic heterocycles. The van der Waals surface area contributed by atoms with E-state index in [1.165, 1.54) is 17.4 Å². The van der Waals surface area contributed by atoms with E-state index in [4.69, 9.17) is 0 Å². The molecule has 0 saturated carbocycles. The molecule has 0 spiro atoms. The number of carbonyl (C=O) groups excluding carboxylic acids is 1. The minimum absolute atomic E-state index is 0.112. The monoisotopic (exact) mass is 294 g/mol. The van der Waals surface area contributed by atoms with E-state index in [-0.39, 0.29) is 4.90 Å². The van der Waals surface area contributed by atoms with Gasteiger partial charge in [0.1, 0.15) is 9.90 Å². The van der Waals surface area contributed by atoms with Crippen LogP contribution in [0.3, 0.4) is 0 Å². The second-order valence-electron chi connectivity index (χ2n) is 4.16. The molecular formula is C12H10N2O3S2. The van der Waals surface area contributed by atoms with Gasteiger partial charge in [-0.2, -0.15) is 4.31 Å². The summed E-state index contributed by atoms with van der Waals surface area (Å²) in [6.07, 6.45) is 0. The first-order valence-corrected chi connectivity index (χ1v) is 7.82. The van der Waals surface area contributed by atoms with E-state index in [0.717, 1.165) is 9.87 Å². The molecule has 1 N–H and O–H groups in total. The van der Waals surface area contributed by atoms with Gasteiger partial charge < -0.3 is 5.32 Å². The zero-order valence-corrected chi connectivity index (χ0v) is 11.6. The van der Waals surface area contributed by atoms with E-state index in [1.54, 1.807) is 29.6 Å². The molecule has 0 aliphatic carbocycles. The molecule has 98 valence electrons. The first-order chi connectivity index (χ1) is 9.00. The van der Waals surface area contributed by atoms with Crippen molar-refractivity contribution in [2.75, 3.05) is 9.62 Å². The van der Waals surface area contributed by atoms with Crippen LogP contribution in [-0.4, -0.2) is 14.4 Å². The van der Waals surface area contributed by atoms with Crippen LogP contribution in [0.25, 0.3) is 0 Å². The number of hydrogen-bond donors (Lipinski definition) is 1. The second-order valence-corrected chi connectivity index (χ2v) is 6.80. The fraction of sp³-hybridized carbons (Fsp3) is 0.0833. The van der Waals surface area contributed by atoms with Crippen LogP contribution < -0.4 is 9.62 Å². The fourth-order valence-electron chi connectivity index (χ4n) is 1.91. The average molecular weight is 294 g/mol. The predicted octanol–water partition coefficient (Wildman–Crippen LogP) is 2.80. The van der Waals surface area contributed by atoms with Crippen molar-refractivity contribution in [3.63, 3.8) is 0 Å². The van der Waals surface area contributed by atoms with Crippen molar-refractivity contribution in [3.8, 4) is 0 Å². The van der Waals surface area contributed by atoms with Crippen molar-refractivity contribution in [1.29, 1.82) is 0 Å². The summed E-state index contributed by atoms with van der Waals surface area (Å²) < 4.78 is 25.8. The minimum Gasteiger partial charge on any atom is -0.305 e. The van der Waals surface area contributed by atoms with Gasteiger partial charge in [-0.05, 0) is 36.1 Å². The summed E-state index contributed by atoms with van der Waals surface area (Å²) in [5.74, 6) is 0. The predicted molar refractivity (Wildman–Crippen MR) is 74.2 cm³/mol. The highest BCUT2D eigenvalue weighted by Crippen LogP contribution is 2.36. The van der Waals surface area contributed by atoms with Gasteiger partial charge >= 0.3 is 6.03 Å². The summed E-state index contributed by atoms with van der Waals surface area (Å²) in [6.45, 7) is 1.85. The Morgan fingerprint density at radius 1 is 1.26 bits per heavy atom. The van der Waals surface area contributed by atoms with E-state index < -0.39 is 16.1 Å². The maximum absolute atomic E-state index is 12.5. The number of urea groups is 1. The number of thiophene rings is 1. The molecule has 7 heteroatoms. The van der Waals surface area contributed by atoms with Crippen LogP contribution >= 0.6 is 11.3 Å². The quantitative estimate of drug-likeness (QED) is 0.879. The maximum Gasteiger partial charge on any atom is 0.341 e. The molecular weight excluding hydrogens is 284 g/mol. The molecule has 0 radical (unpaired) electrons. The first-order valence-electron chi connectivity index (χ1n) is 5.50. The lowest BCUT2D eigenvalue weighted by Gasteiger charge is -2.27. The Labute approximate surface area is 114 Å². The van der Waals surface area contributed by atoms with E-state index in [2.05, 4.69) is 5.32 Å². The number of nitrogens with zero attached hydrogens (tertiary/aromatic N) is 1. The second kappa shape index (κ2) is 4.07. The van der Waals surface area contributed by atoms with Gasteiger partial charge in [0, 0.05) is 0 Å². The third-order valence-corrected chi connectivity index (χ3v) is 5.65. The zero-order chi connectivity index (χ0) is 13.6. The molecule has 2 amide bonds. The molecule has 2 heterocycles. The van der Waals surface area contributed by atoms with Gasteiger partial charge in [0.15, 0.2) is 0 Å². The molecule has 19 heavy (non-hydrogen) atoms. The Bertz CT molecular complexity index is 765. The number of benzene rings is 1. The number of nitrogens with one attached hydrogen (secondary N) is 1. The average Bonchev–Trinajstić information content (AvgIpc) is 2.75. The minimum atomic E-state index is -3.84. The zero-order valence-electron chi connectivity index (χ0n) is 9.95. The Morgan fingerprint density at radius 3 is 2.68 bits per heavy atom. The molecule has 1 aliphatic heterocycles. The number of para-hydroxylation sites is 1. The summed E-state index contributed by atoms with van der Waals surface area (Å²) in [6, 6.07) is 7.39. The molecule has 0 saturated heterocycles. The number of hydrogen-bond acceptors (Lipinski definition) is 4. The SMILES string of the molecule is Cc1csc(N2C(=O)Nc3ccccc3S2(=O)=O)c1. The van der Waals surface area contributed by atoms with Gasteiger partial charge in [0.25, 0.3) is 10.0 Å². The lowest BCUT2D eigenvalue weighted by Crippen LogP contribution is -2.43. The number of fused-ring (bicyclic) bond motifs is 1. The summed E-state index contributed by atoms with van der Waals surface area (Å²) in [5, 5.41) is 4.79. The van der Waals surface area contributed by atoms with Crippen LogP contribution in [0, 0.1) is 6.92 Å². The van der Waals surface area contributed by atoms with Crippen LogP contribution in [0.5, 0.6) is 0 Å². The first kappa shape index (κ1) is 12.2. The number of anilines is 2. The Morgan fingerprint density at radius 2 is 2.00 bits per heavy atom. The highest BCUT2D eigenvalue weighted by atomic mass is 32.2. The van der Waals surface area contributed by atoms with Gasteiger partial charge in [-0.1, -0.05) is 12.1 Å². The van der Waals surface area contributed by atoms with Crippen LogP contribution in [0.2, 0.25) is 0 Å². The molecule has 1 aromatic carbocycles. The third-order valence-electron chi connectivity index (χ3n) is 2.75. The van der Waals surface area contributed by atoms with Crippen LogP contribution in [0.1, 0.15) is 5.56 Å². The molecule has 0 bridgehead atoms. The van der Waals surface area contributed by atoms with Gasteiger partial charge in [-0.15, -0.1) is 11.3 Å². The Balaban J connectivity index is 2.21. The van der Waals surface area contributed by atoms with Crippen molar-refractivity contribution in [1.82, 2.24) is 0 Å². The van der Waals surface area contributed by atoms with E-state index in [1.807, 2.05) is 6.92 Å². The van der Waals surface area contributed by atoms with Gasteiger partial charge in [-0.3, -0.25) is 0 Å². The lowest BCUT2D eigenvalue weighted by molar-refractivity contribution is 0.259. The summed E-state index contributed by atoms with van der Waals surface area (Å²) >= 11 is 1.22. The van der Waals surface area contributed by atoms with Crippen molar-refractivity contribution in [2.24, 2.45) is 0 Å². The van der Waals surface area contributed by atoms with Gasteiger partial charge in [-0.25, -0.2) is 13.2 Å². The summed E-state index contributed by atoms with van der Waals surface area (Å²) in [5.41, 5.74) is 1.24. The highest BCUT2D eigenvalue weighted by Gasteiger charge is 2.38. The Kier molecular flexibility index (Phi) is 2.61. The smallest absolute Gasteiger partial charge is 0.305 e. The molecule has 3 rings (SSSR count). The lowest BCUT2D eigenvalue weighted by atomic mass is 10.3. The number of sulfonamides is 1. The van der Waals surface area contributed by atoms with E-state index >= 15 is 0 Å². The topological polar surface area (TPSA) is 66.5 Å². The van der Waals surface area contributed by atoms with Gasteiger partial charge in [0.2, 0.25) is 0 Å². The maximum atomic E-state index is 12.5. The number of amides is 2. The fourth-order valence-corrected chi connectivity index (χ4v) is 4.54. The third kappa shape index (κ3) is 1.82. The van der Waals surface area contributed by atoms with Crippen molar-refractivity contribution >= 4 is 38.1 Å². The molecule has 5 nitrogen and oxygen atoms in total.